The average molecular weight is 363 g/mol. The lowest BCUT2D eigenvalue weighted by Crippen LogP contribution is -2.51. The highest BCUT2D eigenvalue weighted by molar-refractivity contribution is 6.31. The predicted molar refractivity (Wildman–Crippen MR) is 94.1 cm³/mol. The number of morpholine rings is 1. The summed E-state index contributed by atoms with van der Waals surface area (Å²) < 4.78 is 18.7. The molecule has 1 saturated heterocycles. The van der Waals surface area contributed by atoms with Gasteiger partial charge in [-0.25, -0.2) is 4.39 Å². The average Bonchev–Trinajstić information content (AvgIpc) is 2.99. The fraction of sp³-hybridized carbons (Fsp3) is 0.647. The Labute approximate surface area is 148 Å². The third-order valence-corrected chi connectivity index (χ3v) is 5.20. The van der Waals surface area contributed by atoms with Gasteiger partial charge in [-0.05, 0) is 49.4 Å². The first-order valence-corrected chi connectivity index (χ1v) is 8.60. The van der Waals surface area contributed by atoms with E-state index in [0.29, 0.717) is 23.0 Å². The molecule has 1 aromatic rings. The molecule has 0 radical (unpaired) electrons. The molecule has 3 nitrogen and oxygen atoms in total. The minimum atomic E-state index is -0.277. The van der Waals surface area contributed by atoms with Crippen LogP contribution in [0.4, 0.5) is 4.39 Å². The Bertz CT molecular complexity index is 497. The molecule has 0 spiro atoms. The lowest BCUT2D eigenvalue weighted by molar-refractivity contribution is 0.0526. The minimum Gasteiger partial charge on any atom is -0.379 e. The molecule has 6 heteroatoms. The first kappa shape index (κ1) is 18.9. The van der Waals surface area contributed by atoms with Gasteiger partial charge >= 0.3 is 0 Å². The number of hydrogen-bond acceptors (Lipinski definition) is 3. The molecular formula is C17H25Cl2FN2O. The summed E-state index contributed by atoms with van der Waals surface area (Å²) in [5.41, 5.74) is 1.00. The van der Waals surface area contributed by atoms with Crippen LogP contribution in [0, 0.1) is 11.7 Å². The molecule has 0 aromatic heterocycles. The highest BCUT2D eigenvalue weighted by Crippen LogP contribution is 2.29. The van der Waals surface area contributed by atoms with Gasteiger partial charge in [-0.15, -0.1) is 12.4 Å². The van der Waals surface area contributed by atoms with Gasteiger partial charge in [0, 0.05) is 23.7 Å². The maximum absolute atomic E-state index is 13.1. The Morgan fingerprint density at radius 2 is 2.22 bits per heavy atom. The minimum absolute atomic E-state index is 0. The van der Waals surface area contributed by atoms with Crippen LogP contribution in [0.15, 0.2) is 18.2 Å². The summed E-state index contributed by atoms with van der Waals surface area (Å²) in [5.74, 6) is 0.366. The quantitative estimate of drug-likeness (QED) is 0.843. The Balaban J connectivity index is 0.00000192. The van der Waals surface area contributed by atoms with E-state index in [1.165, 1.54) is 31.4 Å². The summed E-state index contributed by atoms with van der Waals surface area (Å²) >= 11 is 6.08. The van der Waals surface area contributed by atoms with Crippen molar-refractivity contribution in [2.75, 3.05) is 26.3 Å². The van der Waals surface area contributed by atoms with E-state index in [-0.39, 0.29) is 18.2 Å². The SMILES string of the molecule is Cl.Fc1ccc(CCNC2CCCC2C2COCCN2)c(Cl)c1. The number of hydrogen-bond donors (Lipinski definition) is 2. The maximum Gasteiger partial charge on any atom is 0.124 e. The molecule has 1 heterocycles. The Hall–Kier alpha value is -0.390. The monoisotopic (exact) mass is 362 g/mol. The van der Waals surface area contributed by atoms with Gasteiger partial charge in [-0.3, -0.25) is 0 Å². The Kier molecular flexibility index (Phi) is 7.57. The second-order valence-corrected chi connectivity index (χ2v) is 6.68. The largest absolute Gasteiger partial charge is 0.379 e. The number of benzene rings is 1. The number of ether oxygens (including phenoxy) is 1. The molecule has 3 unspecified atom stereocenters. The van der Waals surface area contributed by atoms with E-state index in [0.717, 1.165) is 38.3 Å². The van der Waals surface area contributed by atoms with Crippen molar-refractivity contribution in [2.24, 2.45) is 5.92 Å². The molecule has 1 aliphatic heterocycles. The lowest BCUT2D eigenvalue weighted by atomic mass is 9.94. The summed E-state index contributed by atoms with van der Waals surface area (Å²) in [4.78, 5) is 0. The predicted octanol–water partition coefficient (Wildman–Crippen LogP) is 3.19. The van der Waals surface area contributed by atoms with Crippen LogP contribution in [-0.2, 0) is 11.2 Å². The van der Waals surface area contributed by atoms with Crippen LogP contribution in [0.1, 0.15) is 24.8 Å². The van der Waals surface area contributed by atoms with Crippen LogP contribution in [0.2, 0.25) is 5.02 Å². The number of rotatable bonds is 5. The van der Waals surface area contributed by atoms with E-state index in [4.69, 9.17) is 16.3 Å². The van der Waals surface area contributed by atoms with Gasteiger partial charge in [0.15, 0.2) is 0 Å². The van der Waals surface area contributed by atoms with Crippen molar-refractivity contribution in [3.63, 3.8) is 0 Å². The molecule has 0 bridgehead atoms. The van der Waals surface area contributed by atoms with Gasteiger partial charge in [0.2, 0.25) is 0 Å². The molecule has 1 saturated carbocycles. The van der Waals surface area contributed by atoms with E-state index in [1.54, 1.807) is 6.07 Å². The normalized spacial score (nSPS) is 27.7. The highest BCUT2D eigenvalue weighted by Gasteiger charge is 2.34. The van der Waals surface area contributed by atoms with Gasteiger partial charge in [0.25, 0.3) is 0 Å². The van der Waals surface area contributed by atoms with Crippen LogP contribution in [-0.4, -0.2) is 38.4 Å². The van der Waals surface area contributed by atoms with Crippen molar-refractivity contribution >= 4 is 24.0 Å². The van der Waals surface area contributed by atoms with Crippen LogP contribution >= 0.6 is 24.0 Å². The zero-order chi connectivity index (χ0) is 15.4. The number of halogens is 3. The molecule has 0 amide bonds. The van der Waals surface area contributed by atoms with Crippen molar-refractivity contribution < 1.29 is 9.13 Å². The first-order valence-electron chi connectivity index (χ1n) is 8.22. The van der Waals surface area contributed by atoms with E-state index in [2.05, 4.69) is 10.6 Å². The van der Waals surface area contributed by atoms with Gasteiger partial charge in [0.1, 0.15) is 5.82 Å². The molecule has 2 aliphatic rings. The Morgan fingerprint density at radius 1 is 1.35 bits per heavy atom. The van der Waals surface area contributed by atoms with Crippen molar-refractivity contribution in [2.45, 2.75) is 37.8 Å². The zero-order valence-corrected chi connectivity index (χ0v) is 14.8. The van der Waals surface area contributed by atoms with Crippen LogP contribution in [0.25, 0.3) is 0 Å². The fourth-order valence-electron chi connectivity index (χ4n) is 3.70. The fourth-order valence-corrected chi connectivity index (χ4v) is 3.96. The molecule has 3 atom stereocenters. The van der Waals surface area contributed by atoms with Gasteiger partial charge in [-0.2, -0.15) is 0 Å². The highest BCUT2D eigenvalue weighted by atomic mass is 35.5. The second kappa shape index (κ2) is 9.19. The second-order valence-electron chi connectivity index (χ2n) is 6.28. The third-order valence-electron chi connectivity index (χ3n) is 4.85. The van der Waals surface area contributed by atoms with Crippen molar-refractivity contribution in [1.82, 2.24) is 10.6 Å². The van der Waals surface area contributed by atoms with E-state index < -0.39 is 0 Å². The van der Waals surface area contributed by atoms with E-state index >= 15 is 0 Å². The molecule has 1 aromatic carbocycles. The topological polar surface area (TPSA) is 33.3 Å². The standard InChI is InChI=1S/C17H24ClFN2O.ClH/c18-15-10-13(19)5-4-12(15)6-7-20-16-3-1-2-14(16)17-11-22-9-8-21-17;/h4-5,10,14,16-17,20-21H,1-3,6-9,11H2;1H. The molecule has 130 valence electrons. The van der Waals surface area contributed by atoms with Gasteiger partial charge in [-0.1, -0.05) is 24.1 Å². The van der Waals surface area contributed by atoms with Crippen LogP contribution < -0.4 is 10.6 Å². The molecular weight excluding hydrogens is 338 g/mol. The molecule has 3 rings (SSSR count). The van der Waals surface area contributed by atoms with Crippen LogP contribution in [0.5, 0.6) is 0 Å². The molecule has 23 heavy (non-hydrogen) atoms. The van der Waals surface area contributed by atoms with Crippen molar-refractivity contribution in [3.05, 3.63) is 34.6 Å². The Morgan fingerprint density at radius 3 is 2.96 bits per heavy atom. The zero-order valence-electron chi connectivity index (χ0n) is 13.2. The first-order chi connectivity index (χ1) is 10.7. The van der Waals surface area contributed by atoms with Gasteiger partial charge in [0.05, 0.1) is 13.2 Å². The molecule has 1 aliphatic carbocycles. The summed E-state index contributed by atoms with van der Waals surface area (Å²) in [6, 6.07) is 5.66. The summed E-state index contributed by atoms with van der Waals surface area (Å²) in [6.45, 7) is 3.48. The summed E-state index contributed by atoms with van der Waals surface area (Å²) in [5, 5.41) is 7.78. The summed E-state index contributed by atoms with van der Waals surface area (Å²) in [7, 11) is 0. The third kappa shape index (κ3) is 5.04. The van der Waals surface area contributed by atoms with E-state index in [9.17, 15) is 4.39 Å². The smallest absolute Gasteiger partial charge is 0.124 e. The maximum atomic E-state index is 13.1. The lowest BCUT2D eigenvalue weighted by Gasteiger charge is -2.33. The van der Waals surface area contributed by atoms with Crippen LogP contribution in [0.3, 0.4) is 0 Å². The van der Waals surface area contributed by atoms with Gasteiger partial charge < -0.3 is 15.4 Å². The van der Waals surface area contributed by atoms with E-state index in [1.807, 2.05) is 0 Å². The summed E-state index contributed by atoms with van der Waals surface area (Å²) in [6.07, 6.45) is 4.59. The number of nitrogens with one attached hydrogen (secondary N) is 2. The molecule has 2 N–H and O–H groups in total. The van der Waals surface area contributed by atoms with Crippen molar-refractivity contribution in [1.29, 1.82) is 0 Å². The van der Waals surface area contributed by atoms with Crippen molar-refractivity contribution in [3.8, 4) is 0 Å². The molecule has 2 fully saturated rings.